The summed E-state index contributed by atoms with van der Waals surface area (Å²) in [6.45, 7) is 1.60. The highest BCUT2D eigenvalue weighted by Crippen LogP contribution is 2.05. The molecule has 0 bridgehead atoms. The van der Waals surface area contributed by atoms with Gasteiger partial charge in [-0.1, -0.05) is 5.92 Å². The number of carbonyl (C=O) groups is 2. The van der Waals surface area contributed by atoms with E-state index < -0.39 is 36.3 Å². The van der Waals surface area contributed by atoms with Gasteiger partial charge in [-0.3, -0.25) is 10.1 Å². The predicted octanol–water partition coefficient (Wildman–Crippen LogP) is -2.80. The summed E-state index contributed by atoms with van der Waals surface area (Å²) in [5.41, 5.74) is 3.25. The second kappa shape index (κ2) is 14.6. The molecule has 1 amide bonds. The summed E-state index contributed by atoms with van der Waals surface area (Å²) >= 11 is 0. The van der Waals surface area contributed by atoms with Crippen molar-refractivity contribution in [2.45, 2.75) is 31.3 Å². The normalized spacial score (nSPS) is 12.8. The smallest absolute Gasteiger partial charge is 0.335 e. The van der Waals surface area contributed by atoms with Crippen LogP contribution in [-0.4, -0.2) is 68.9 Å². The fourth-order valence-electron chi connectivity index (χ4n) is 1.06. The fourth-order valence-corrected chi connectivity index (χ4v) is 1.06. The van der Waals surface area contributed by atoms with Crippen molar-refractivity contribution >= 4 is 11.9 Å². The van der Waals surface area contributed by atoms with Gasteiger partial charge in [0, 0.05) is 33.8 Å². The first kappa shape index (κ1) is 24.2. The van der Waals surface area contributed by atoms with Crippen LogP contribution in [0.25, 0.3) is 0 Å². The topological polar surface area (TPSA) is 175 Å². The average molecular weight is 365 g/mol. The molecule has 0 saturated carbocycles. The van der Waals surface area contributed by atoms with Crippen LogP contribution in [-0.2, 0) is 9.59 Å². The molecule has 0 fully saturated rings. The van der Waals surface area contributed by atoms with E-state index in [9.17, 15) is 24.9 Å². The summed E-state index contributed by atoms with van der Waals surface area (Å²) in [4.78, 5) is 21.8. The Balaban J connectivity index is -0.0000000814. The zero-order valence-corrected chi connectivity index (χ0v) is 13.6. The molecule has 0 radical (unpaired) electrons. The third kappa shape index (κ3) is 10.4. The van der Waals surface area contributed by atoms with Crippen LogP contribution in [0.3, 0.4) is 0 Å². The number of aliphatic hydroxyl groups excluding tert-OH is 4. The van der Waals surface area contributed by atoms with Crippen LogP contribution < -0.4 is 11.1 Å². The molecule has 0 heterocycles. The minimum atomic E-state index is -2.37. The van der Waals surface area contributed by atoms with Gasteiger partial charge in [0.2, 0.25) is 0 Å². The molecule has 0 unspecified atom stereocenters. The number of amides is 1. The number of nitrogens with one attached hydrogen (secondary N) is 1. The van der Waals surface area contributed by atoms with Crippen molar-refractivity contribution in [3.63, 3.8) is 0 Å². The molecule has 25 heavy (non-hydrogen) atoms. The summed E-state index contributed by atoms with van der Waals surface area (Å²) in [6, 6.07) is 2.04. The lowest BCUT2D eigenvalue weighted by Crippen LogP contribution is -2.52. The predicted molar refractivity (Wildman–Crippen MR) is 100 cm³/mol. The largest absolute Gasteiger partial charge is 0.479 e. The van der Waals surface area contributed by atoms with E-state index in [0.29, 0.717) is 0 Å². The van der Waals surface area contributed by atoms with Crippen LogP contribution in [0.1, 0.15) is 16.9 Å². The van der Waals surface area contributed by atoms with Gasteiger partial charge in [0.25, 0.3) is 5.91 Å². The Labute approximate surface area is 155 Å². The van der Waals surface area contributed by atoms with Crippen LogP contribution in [0, 0.1) is 47.5 Å². The minimum absolute atomic E-state index is 0. The van der Waals surface area contributed by atoms with Crippen LogP contribution in [0.15, 0.2) is 0 Å². The van der Waals surface area contributed by atoms with E-state index >= 15 is 0 Å². The summed E-state index contributed by atoms with van der Waals surface area (Å²) in [7, 11) is 1.75. The standard InChI is InChI=1S/C15H13NO7.CH5N.7H2/c1-2-3-4-5-6-7-8-9-16-14(21)12(19)10(17)11(18)13(20)15(22)23;1-2;;;;;;;/h10-13,17-20H,1H3,(H,16,21)(H,22,23);2H2,1H3;7*1H/p+1/t10-,11-,12+,13-;;;;;;;;/m1......../s1. The molecule has 0 saturated heterocycles. The van der Waals surface area contributed by atoms with E-state index in [4.69, 9.17) is 10.2 Å². The van der Waals surface area contributed by atoms with Gasteiger partial charge in [0.05, 0.1) is 7.05 Å². The molecule has 9 N–H and O–H groups in total. The summed E-state index contributed by atoms with van der Waals surface area (Å²) in [6.07, 6.45) is -9.07. The first-order valence-electron chi connectivity index (χ1n) is 6.70. The highest BCUT2D eigenvalue weighted by Gasteiger charge is 2.37. The number of carbonyl (C=O) groups excluding carboxylic acids is 1. The first-order chi connectivity index (χ1) is 11.8. The highest BCUT2D eigenvalue weighted by molar-refractivity contribution is 5.83. The van der Waals surface area contributed by atoms with Crippen LogP contribution >= 0.6 is 0 Å². The third-order valence-corrected chi connectivity index (χ3v) is 2.20. The summed E-state index contributed by atoms with van der Waals surface area (Å²) in [5.74, 6) is 13.4. The maximum absolute atomic E-state index is 11.4. The molecule has 0 rings (SSSR count). The molecule has 0 aliphatic heterocycles. The Morgan fingerprint density at radius 2 is 1.32 bits per heavy atom. The van der Waals surface area contributed by atoms with E-state index in [0.717, 1.165) is 0 Å². The molecular weight excluding hydrogens is 332 g/mol. The van der Waals surface area contributed by atoms with Gasteiger partial charge in [0.1, 0.15) is 12.2 Å². The van der Waals surface area contributed by atoms with Gasteiger partial charge in [-0.2, -0.15) is 0 Å². The second-order valence-corrected chi connectivity index (χ2v) is 3.82. The maximum Gasteiger partial charge on any atom is 0.335 e. The van der Waals surface area contributed by atoms with E-state index in [1.807, 2.05) is 11.4 Å². The maximum atomic E-state index is 11.4. The fraction of sp³-hybridized carbons (Fsp3) is 0.375. The lowest BCUT2D eigenvalue weighted by Gasteiger charge is -2.23. The van der Waals surface area contributed by atoms with Gasteiger partial charge < -0.3 is 31.3 Å². The number of rotatable bonds is 5. The number of carboxylic acids is 1. The SMILES string of the molecule is CC#CC#CC#CC#CNC(=O)[C@@H](O)[C@H](O)[C@@H](O)[C@@H](O)C(=O)O.C[NH3+].[HH].[HH].[HH].[HH].[HH].[HH].[HH]. The number of hydrogen-bond acceptors (Lipinski definition) is 6. The van der Waals surface area contributed by atoms with Crippen molar-refractivity contribution in [3.8, 4) is 47.5 Å². The molecule has 0 aliphatic carbocycles. The zero-order chi connectivity index (χ0) is 19.8. The van der Waals surface area contributed by atoms with Gasteiger partial charge in [-0.05, 0) is 24.7 Å². The van der Waals surface area contributed by atoms with Crippen molar-refractivity contribution in [1.29, 1.82) is 0 Å². The minimum Gasteiger partial charge on any atom is -0.479 e. The molecule has 0 spiro atoms. The van der Waals surface area contributed by atoms with Crippen LogP contribution in [0.2, 0.25) is 0 Å². The third-order valence-electron chi connectivity index (χ3n) is 2.20. The summed E-state index contributed by atoms with van der Waals surface area (Å²) < 4.78 is 0. The van der Waals surface area contributed by atoms with Crippen molar-refractivity contribution in [2.24, 2.45) is 0 Å². The molecule has 0 aliphatic rings. The molecule has 0 aromatic heterocycles. The Bertz CT molecular complexity index is 713. The quantitative estimate of drug-likeness (QED) is 0.203. The van der Waals surface area contributed by atoms with Crippen LogP contribution in [0.5, 0.6) is 0 Å². The van der Waals surface area contributed by atoms with E-state index in [2.05, 4.69) is 47.2 Å². The molecule has 148 valence electrons. The highest BCUT2D eigenvalue weighted by atomic mass is 16.4. The Morgan fingerprint density at radius 3 is 1.80 bits per heavy atom. The molecular formula is C16H33N2O7+. The Kier molecular flexibility index (Phi) is 14.1. The number of quaternary nitrogens is 1. The molecule has 9 heteroatoms. The number of aliphatic hydroxyl groups is 4. The molecule has 0 aromatic carbocycles. The molecule has 0 aromatic rings. The average Bonchev–Trinajstić information content (AvgIpc) is 2.62. The van der Waals surface area contributed by atoms with Crippen molar-refractivity contribution < 1.29 is 50.8 Å². The second-order valence-electron chi connectivity index (χ2n) is 3.82. The van der Waals surface area contributed by atoms with Gasteiger partial charge >= 0.3 is 5.97 Å². The lowest BCUT2D eigenvalue weighted by atomic mass is 10.0. The van der Waals surface area contributed by atoms with Crippen LogP contribution in [0.4, 0.5) is 0 Å². The monoisotopic (exact) mass is 365 g/mol. The lowest BCUT2D eigenvalue weighted by molar-refractivity contribution is -0.325. The number of aliphatic carboxylic acids is 1. The number of carboxylic acid groups (broad SMARTS) is 1. The zero-order valence-electron chi connectivity index (χ0n) is 13.6. The van der Waals surface area contributed by atoms with E-state index in [-0.39, 0.29) is 9.99 Å². The molecule has 9 nitrogen and oxygen atoms in total. The van der Waals surface area contributed by atoms with Crippen molar-refractivity contribution in [2.75, 3.05) is 7.05 Å². The van der Waals surface area contributed by atoms with E-state index in [1.165, 1.54) is 0 Å². The van der Waals surface area contributed by atoms with Gasteiger partial charge in [0.15, 0.2) is 12.2 Å². The molecule has 4 atom stereocenters. The number of hydrogen-bond donors (Lipinski definition) is 7. The van der Waals surface area contributed by atoms with Crippen molar-refractivity contribution in [3.05, 3.63) is 0 Å². The Hall–Kier alpha value is -3.02. The Morgan fingerprint density at radius 1 is 0.880 bits per heavy atom. The van der Waals surface area contributed by atoms with Crippen molar-refractivity contribution in [1.82, 2.24) is 5.32 Å². The van der Waals surface area contributed by atoms with Gasteiger partial charge in [-0.25, -0.2) is 4.79 Å². The van der Waals surface area contributed by atoms with E-state index in [1.54, 1.807) is 14.0 Å². The summed E-state index contributed by atoms with van der Waals surface area (Å²) in [5, 5.41) is 47.4. The van der Waals surface area contributed by atoms with Gasteiger partial charge in [-0.15, -0.1) is 0 Å². The first-order valence-corrected chi connectivity index (χ1v) is 6.70.